The van der Waals surface area contributed by atoms with E-state index in [-0.39, 0.29) is 0 Å². The molecule has 0 fully saturated rings. The molecule has 13 heavy (non-hydrogen) atoms. The summed E-state index contributed by atoms with van der Waals surface area (Å²) in [6, 6.07) is 7.17. The Bertz CT molecular complexity index is 250. The smallest absolute Gasteiger partial charge is 0.512 e. The van der Waals surface area contributed by atoms with Crippen molar-refractivity contribution in [1.82, 2.24) is 0 Å². The molecule has 0 aliphatic heterocycles. The summed E-state index contributed by atoms with van der Waals surface area (Å²) < 4.78 is 4.65. The summed E-state index contributed by atoms with van der Waals surface area (Å²) in [5.41, 5.74) is 0. The number of hydrogen-bond acceptors (Lipinski definition) is 4. The second-order valence-corrected chi connectivity index (χ2v) is 3.69. The topological polar surface area (TPSA) is 49.7 Å². The van der Waals surface area contributed by atoms with Crippen LogP contribution in [0.2, 0.25) is 0 Å². The second kappa shape index (κ2) is 5.16. The molecule has 70 valence electrons. The predicted molar refractivity (Wildman–Crippen MR) is 53.7 cm³/mol. The normalized spacial score (nSPS) is 9.77. The molecular weight excluding hydrogens is 187 g/mol. The van der Waals surface area contributed by atoms with Crippen LogP contribution < -0.4 is 4.65 Å². The Balaban J connectivity index is 2.59. The van der Waals surface area contributed by atoms with Gasteiger partial charge < -0.3 is 14.7 Å². The van der Waals surface area contributed by atoms with Crippen LogP contribution in [0.15, 0.2) is 29.2 Å². The number of benzene rings is 1. The Hall–Kier alpha value is -0.645. The van der Waals surface area contributed by atoms with Crippen molar-refractivity contribution < 1.29 is 14.7 Å². The molecule has 0 amide bonds. The lowest BCUT2D eigenvalue weighted by Gasteiger charge is -2.04. The first-order chi connectivity index (χ1) is 6.22. The van der Waals surface area contributed by atoms with Crippen LogP contribution in [-0.2, 0) is 0 Å². The van der Waals surface area contributed by atoms with Gasteiger partial charge in [0.25, 0.3) is 0 Å². The number of thioether (sulfide) groups is 1. The van der Waals surface area contributed by atoms with Crippen molar-refractivity contribution in [2.45, 2.75) is 11.8 Å². The number of rotatable bonds is 4. The van der Waals surface area contributed by atoms with Crippen molar-refractivity contribution in [1.29, 1.82) is 0 Å². The molecule has 0 aliphatic carbocycles. The SMILES string of the molecule is CCSc1ccc(OB(O)O)cc1. The maximum atomic E-state index is 8.51. The molecule has 3 nitrogen and oxygen atoms in total. The molecule has 1 rings (SSSR count). The summed E-state index contributed by atoms with van der Waals surface area (Å²) in [4.78, 5) is 1.14. The Labute approximate surface area is 81.9 Å². The molecule has 0 unspecified atom stereocenters. The molecule has 0 spiro atoms. The van der Waals surface area contributed by atoms with Crippen molar-refractivity contribution in [2.75, 3.05) is 5.75 Å². The van der Waals surface area contributed by atoms with Crippen molar-refractivity contribution in [3.05, 3.63) is 24.3 Å². The fraction of sp³-hybridized carbons (Fsp3) is 0.250. The molecule has 5 heteroatoms. The lowest BCUT2D eigenvalue weighted by molar-refractivity contribution is 0.288. The minimum Gasteiger partial charge on any atom is -0.512 e. The van der Waals surface area contributed by atoms with E-state index < -0.39 is 7.32 Å². The van der Waals surface area contributed by atoms with E-state index in [0.717, 1.165) is 10.6 Å². The van der Waals surface area contributed by atoms with Crippen LogP contribution in [0, 0.1) is 0 Å². The summed E-state index contributed by atoms with van der Waals surface area (Å²) in [5.74, 6) is 1.47. The summed E-state index contributed by atoms with van der Waals surface area (Å²) in [5, 5.41) is 17.0. The molecule has 1 aromatic rings. The van der Waals surface area contributed by atoms with Crippen molar-refractivity contribution in [3.8, 4) is 5.75 Å². The Morgan fingerprint density at radius 1 is 1.31 bits per heavy atom. The first-order valence-corrected chi connectivity index (χ1v) is 4.96. The minimum atomic E-state index is -1.75. The van der Waals surface area contributed by atoms with Gasteiger partial charge in [0, 0.05) is 4.90 Å². The van der Waals surface area contributed by atoms with Crippen LogP contribution >= 0.6 is 11.8 Å². The van der Waals surface area contributed by atoms with E-state index in [0.29, 0.717) is 5.75 Å². The standard InChI is InChI=1S/C8H11BO3S/c1-2-13-8-5-3-7(4-6-8)12-9(10)11/h3-6,10-11H,2H2,1H3. The monoisotopic (exact) mass is 198 g/mol. The molecule has 0 saturated heterocycles. The largest absolute Gasteiger partial charge is 0.707 e. The molecule has 0 heterocycles. The summed E-state index contributed by atoms with van der Waals surface area (Å²) in [6.45, 7) is 2.08. The van der Waals surface area contributed by atoms with Crippen LogP contribution in [0.1, 0.15) is 6.92 Å². The van der Waals surface area contributed by atoms with Crippen LogP contribution in [0.3, 0.4) is 0 Å². The lowest BCUT2D eigenvalue weighted by atomic mass is 10.2. The average Bonchev–Trinajstić information content (AvgIpc) is 2.08. The van der Waals surface area contributed by atoms with E-state index in [1.165, 1.54) is 0 Å². The minimum absolute atomic E-state index is 0.454. The molecule has 2 N–H and O–H groups in total. The van der Waals surface area contributed by atoms with Crippen molar-refractivity contribution in [2.24, 2.45) is 0 Å². The van der Waals surface area contributed by atoms with Gasteiger partial charge >= 0.3 is 7.32 Å². The Kier molecular flexibility index (Phi) is 4.15. The maximum Gasteiger partial charge on any atom is 0.707 e. The van der Waals surface area contributed by atoms with E-state index in [1.807, 2.05) is 12.1 Å². The van der Waals surface area contributed by atoms with Gasteiger partial charge in [-0.1, -0.05) is 6.92 Å². The zero-order valence-electron chi connectivity index (χ0n) is 7.30. The quantitative estimate of drug-likeness (QED) is 0.562. The third kappa shape index (κ3) is 3.72. The van der Waals surface area contributed by atoms with E-state index >= 15 is 0 Å². The van der Waals surface area contributed by atoms with Gasteiger partial charge in [0.2, 0.25) is 0 Å². The third-order valence-electron chi connectivity index (χ3n) is 1.38. The van der Waals surface area contributed by atoms with Gasteiger partial charge in [0.1, 0.15) is 5.75 Å². The van der Waals surface area contributed by atoms with Gasteiger partial charge in [-0.3, -0.25) is 0 Å². The van der Waals surface area contributed by atoms with Crippen LogP contribution in [-0.4, -0.2) is 23.1 Å². The molecule has 1 aromatic carbocycles. The average molecular weight is 198 g/mol. The molecular formula is C8H11BO3S. The summed E-state index contributed by atoms with van der Waals surface area (Å²) >= 11 is 1.72. The number of hydrogen-bond donors (Lipinski definition) is 2. The summed E-state index contributed by atoms with van der Waals surface area (Å²) in [7, 11) is -1.75. The molecule has 0 bridgehead atoms. The van der Waals surface area contributed by atoms with E-state index in [2.05, 4.69) is 11.6 Å². The molecule has 0 aliphatic rings. The van der Waals surface area contributed by atoms with Crippen LogP contribution in [0.25, 0.3) is 0 Å². The van der Waals surface area contributed by atoms with E-state index in [4.69, 9.17) is 10.0 Å². The van der Waals surface area contributed by atoms with Gasteiger partial charge in [-0.15, -0.1) is 11.8 Å². The summed E-state index contributed by atoms with van der Waals surface area (Å²) in [6.07, 6.45) is 0. The third-order valence-corrected chi connectivity index (χ3v) is 2.27. The highest BCUT2D eigenvalue weighted by Crippen LogP contribution is 2.20. The maximum absolute atomic E-state index is 8.51. The van der Waals surface area contributed by atoms with Crippen LogP contribution in [0.4, 0.5) is 0 Å². The lowest BCUT2D eigenvalue weighted by Crippen LogP contribution is -2.20. The van der Waals surface area contributed by atoms with Gasteiger partial charge in [-0.25, -0.2) is 0 Å². The second-order valence-electron chi connectivity index (χ2n) is 2.35. The molecule has 0 saturated carbocycles. The zero-order chi connectivity index (χ0) is 9.68. The van der Waals surface area contributed by atoms with Crippen LogP contribution in [0.5, 0.6) is 5.75 Å². The fourth-order valence-electron chi connectivity index (χ4n) is 0.903. The first kappa shape index (κ1) is 10.4. The van der Waals surface area contributed by atoms with Gasteiger partial charge in [0.15, 0.2) is 0 Å². The first-order valence-electron chi connectivity index (χ1n) is 3.98. The van der Waals surface area contributed by atoms with Crippen molar-refractivity contribution in [3.63, 3.8) is 0 Å². The zero-order valence-corrected chi connectivity index (χ0v) is 8.12. The Morgan fingerprint density at radius 2 is 1.92 bits per heavy atom. The van der Waals surface area contributed by atoms with E-state index in [9.17, 15) is 0 Å². The predicted octanol–water partition coefficient (Wildman–Crippen LogP) is 1.15. The Morgan fingerprint density at radius 3 is 2.38 bits per heavy atom. The van der Waals surface area contributed by atoms with Crippen molar-refractivity contribution >= 4 is 19.1 Å². The fourth-order valence-corrected chi connectivity index (χ4v) is 1.56. The molecule has 0 aromatic heterocycles. The van der Waals surface area contributed by atoms with Gasteiger partial charge in [0.05, 0.1) is 0 Å². The molecule has 0 radical (unpaired) electrons. The highest BCUT2D eigenvalue weighted by molar-refractivity contribution is 7.99. The highest BCUT2D eigenvalue weighted by atomic mass is 32.2. The van der Waals surface area contributed by atoms with E-state index in [1.54, 1.807) is 23.9 Å². The molecule has 0 atom stereocenters. The van der Waals surface area contributed by atoms with Gasteiger partial charge in [-0.05, 0) is 30.0 Å². The highest BCUT2D eigenvalue weighted by Gasteiger charge is 2.10. The van der Waals surface area contributed by atoms with Gasteiger partial charge in [-0.2, -0.15) is 0 Å².